The molecule has 2 fully saturated rings. The molecular formula is C24H32Cl2N2OS. The number of hydrogen-bond donors (Lipinski definition) is 0. The number of methoxy groups -OCH3 is 1. The maximum atomic E-state index is 6.46. The van der Waals surface area contributed by atoms with Gasteiger partial charge in [-0.1, -0.05) is 29.3 Å². The van der Waals surface area contributed by atoms with Crippen molar-refractivity contribution in [1.29, 1.82) is 0 Å². The molecule has 1 aromatic carbocycles. The first-order valence-corrected chi connectivity index (χ1v) is 12.7. The molecule has 0 bridgehead atoms. The van der Waals surface area contributed by atoms with E-state index in [0.29, 0.717) is 28.9 Å². The van der Waals surface area contributed by atoms with E-state index < -0.39 is 0 Å². The van der Waals surface area contributed by atoms with Crippen LogP contribution in [0.3, 0.4) is 0 Å². The molecule has 164 valence electrons. The fourth-order valence-corrected chi connectivity index (χ4v) is 6.35. The zero-order chi connectivity index (χ0) is 21.1. The predicted octanol–water partition coefficient (Wildman–Crippen LogP) is 6.02. The van der Waals surface area contributed by atoms with E-state index in [-0.39, 0.29) is 0 Å². The van der Waals surface area contributed by atoms with Gasteiger partial charge in [-0.05, 0) is 84.8 Å². The summed E-state index contributed by atoms with van der Waals surface area (Å²) in [5.74, 6) is 1.95. The number of halogens is 2. The molecule has 2 aliphatic rings. The molecule has 0 saturated carbocycles. The van der Waals surface area contributed by atoms with Crippen LogP contribution in [0.15, 0.2) is 35.0 Å². The number of ether oxygens (including phenoxy) is 1. The predicted molar refractivity (Wildman–Crippen MR) is 128 cm³/mol. The minimum atomic E-state index is 0.372. The van der Waals surface area contributed by atoms with Crippen molar-refractivity contribution in [2.24, 2.45) is 11.8 Å². The number of piperidine rings is 1. The lowest BCUT2D eigenvalue weighted by molar-refractivity contribution is 0.0308. The number of thiophene rings is 1. The summed E-state index contributed by atoms with van der Waals surface area (Å²) in [6, 6.07) is 8.18. The Kier molecular flexibility index (Phi) is 7.77. The van der Waals surface area contributed by atoms with Crippen molar-refractivity contribution in [3.05, 3.63) is 56.2 Å². The van der Waals surface area contributed by atoms with Gasteiger partial charge >= 0.3 is 0 Å². The molecule has 3 heterocycles. The van der Waals surface area contributed by atoms with Crippen molar-refractivity contribution in [3.63, 3.8) is 0 Å². The first-order valence-electron chi connectivity index (χ1n) is 11.0. The smallest absolute Gasteiger partial charge is 0.0572 e. The Morgan fingerprint density at radius 1 is 1.13 bits per heavy atom. The van der Waals surface area contributed by atoms with E-state index in [1.165, 1.54) is 43.6 Å². The Balaban J connectivity index is 1.40. The summed E-state index contributed by atoms with van der Waals surface area (Å²) in [5, 5.41) is 6.02. The van der Waals surface area contributed by atoms with Crippen molar-refractivity contribution < 1.29 is 4.74 Å². The normalized spacial score (nSPS) is 25.1. The Hall–Kier alpha value is -0.620. The second-order valence-corrected chi connectivity index (χ2v) is 10.6. The average Bonchev–Trinajstić information content (AvgIpc) is 3.40. The van der Waals surface area contributed by atoms with Crippen LogP contribution < -0.4 is 0 Å². The molecule has 0 aliphatic carbocycles. The van der Waals surface area contributed by atoms with Crippen LogP contribution in [-0.4, -0.2) is 55.7 Å². The Bertz CT molecular complexity index is 808. The molecule has 0 spiro atoms. The van der Waals surface area contributed by atoms with Crippen LogP contribution in [0.4, 0.5) is 0 Å². The van der Waals surface area contributed by atoms with E-state index in [1.807, 2.05) is 30.6 Å². The van der Waals surface area contributed by atoms with Gasteiger partial charge in [0.15, 0.2) is 0 Å². The van der Waals surface area contributed by atoms with Gasteiger partial charge in [-0.15, -0.1) is 0 Å². The Labute approximate surface area is 194 Å². The van der Waals surface area contributed by atoms with Gasteiger partial charge in [0.1, 0.15) is 0 Å². The molecule has 1 unspecified atom stereocenters. The molecule has 30 heavy (non-hydrogen) atoms. The van der Waals surface area contributed by atoms with Crippen molar-refractivity contribution in [3.8, 4) is 0 Å². The third-order valence-electron chi connectivity index (χ3n) is 7.06. The Morgan fingerprint density at radius 3 is 2.60 bits per heavy atom. The van der Waals surface area contributed by atoms with Crippen molar-refractivity contribution in [1.82, 2.24) is 9.80 Å². The largest absolute Gasteiger partial charge is 0.381 e. The van der Waals surface area contributed by atoms with Gasteiger partial charge in [0.2, 0.25) is 0 Å². The van der Waals surface area contributed by atoms with Crippen LogP contribution in [0, 0.1) is 11.8 Å². The van der Waals surface area contributed by atoms with Crippen LogP contribution in [0.1, 0.15) is 36.8 Å². The maximum Gasteiger partial charge on any atom is 0.0572 e. The summed E-state index contributed by atoms with van der Waals surface area (Å²) in [7, 11) is 1.84. The lowest BCUT2D eigenvalue weighted by atomic mass is 9.88. The summed E-state index contributed by atoms with van der Waals surface area (Å²) < 4.78 is 5.57. The van der Waals surface area contributed by atoms with Crippen LogP contribution in [0.5, 0.6) is 0 Å². The summed E-state index contributed by atoms with van der Waals surface area (Å²) in [4.78, 5) is 5.25. The third-order valence-corrected chi connectivity index (χ3v) is 8.35. The second-order valence-electron chi connectivity index (χ2n) is 8.93. The van der Waals surface area contributed by atoms with Crippen LogP contribution in [0.2, 0.25) is 10.0 Å². The Morgan fingerprint density at radius 2 is 1.93 bits per heavy atom. The number of rotatable bonds is 7. The highest BCUT2D eigenvalue weighted by atomic mass is 35.5. The first kappa shape index (κ1) is 22.6. The van der Waals surface area contributed by atoms with Crippen molar-refractivity contribution in [2.75, 3.05) is 39.8 Å². The fraction of sp³-hybridized carbons (Fsp3) is 0.583. The molecule has 2 aliphatic heterocycles. The zero-order valence-corrected chi connectivity index (χ0v) is 20.2. The van der Waals surface area contributed by atoms with E-state index in [0.717, 1.165) is 24.7 Å². The number of benzene rings is 1. The van der Waals surface area contributed by atoms with Gasteiger partial charge in [-0.3, -0.25) is 4.90 Å². The second kappa shape index (κ2) is 10.3. The number of nitrogens with zero attached hydrogens (tertiary/aromatic N) is 2. The first-order chi connectivity index (χ1) is 14.5. The molecule has 0 N–H and O–H groups in total. The highest BCUT2D eigenvalue weighted by Gasteiger charge is 2.36. The fourth-order valence-electron chi connectivity index (χ4n) is 5.16. The molecule has 2 aromatic rings. The molecule has 3 nitrogen and oxygen atoms in total. The van der Waals surface area contributed by atoms with Gasteiger partial charge < -0.3 is 9.64 Å². The van der Waals surface area contributed by atoms with E-state index in [1.54, 1.807) is 0 Å². The molecule has 1 aromatic heterocycles. The summed E-state index contributed by atoms with van der Waals surface area (Å²) >= 11 is 14.4. The lowest BCUT2D eigenvalue weighted by Gasteiger charge is -2.36. The van der Waals surface area contributed by atoms with Crippen LogP contribution >= 0.6 is 34.5 Å². The molecule has 2 saturated heterocycles. The van der Waals surface area contributed by atoms with Gasteiger partial charge in [0, 0.05) is 49.3 Å². The molecule has 6 heteroatoms. The monoisotopic (exact) mass is 466 g/mol. The highest BCUT2D eigenvalue weighted by Crippen LogP contribution is 2.36. The van der Waals surface area contributed by atoms with E-state index in [9.17, 15) is 0 Å². The SMILES string of the molecule is COC(C)C1CCN(C[C@H]2CN(Cc3ccc(Cl)cc3Cl)C[C@@H]2c2ccsc2)CC1. The van der Waals surface area contributed by atoms with E-state index >= 15 is 0 Å². The van der Waals surface area contributed by atoms with E-state index in [2.05, 4.69) is 39.6 Å². The van der Waals surface area contributed by atoms with Gasteiger partial charge in [-0.25, -0.2) is 0 Å². The number of hydrogen-bond acceptors (Lipinski definition) is 4. The standard InChI is InChI=1S/C24H32Cl2N2OS/c1-17(29-2)18-5-8-27(9-6-18)13-21-14-28(15-23(21)20-7-10-30-16-20)12-19-3-4-22(25)11-24(19)26/h3-4,7,10-11,16-18,21,23H,5-6,8-9,12-15H2,1-2H3/t17?,21-,23+/m0/s1. The minimum absolute atomic E-state index is 0.372. The maximum absolute atomic E-state index is 6.46. The van der Waals surface area contributed by atoms with Crippen LogP contribution in [-0.2, 0) is 11.3 Å². The summed E-state index contributed by atoms with van der Waals surface area (Å²) in [5.41, 5.74) is 2.66. The van der Waals surface area contributed by atoms with Crippen molar-refractivity contribution in [2.45, 2.75) is 38.3 Å². The quantitative estimate of drug-likeness (QED) is 0.496. The molecule has 0 amide bonds. The minimum Gasteiger partial charge on any atom is -0.381 e. The van der Waals surface area contributed by atoms with Crippen molar-refractivity contribution >= 4 is 34.5 Å². The van der Waals surface area contributed by atoms with Gasteiger partial charge in [-0.2, -0.15) is 11.3 Å². The topological polar surface area (TPSA) is 15.7 Å². The lowest BCUT2D eigenvalue weighted by Crippen LogP contribution is -2.41. The summed E-state index contributed by atoms with van der Waals surface area (Å²) in [6.45, 7) is 8.87. The van der Waals surface area contributed by atoms with E-state index in [4.69, 9.17) is 27.9 Å². The highest BCUT2D eigenvalue weighted by molar-refractivity contribution is 7.08. The summed E-state index contributed by atoms with van der Waals surface area (Å²) in [6.07, 6.45) is 2.86. The molecule has 0 radical (unpaired) electrons. The average molecular weight is 468 g/mol. The van der Waals surface area contributed by atoms with Crippen LogP contribution in [0.25, 0.3) is 0 Å². The van der Waals surface area contributed by atoms with Gasteiger partial charge in [0.05, 0.1) is 6.10 Å². The third kappa shape index (κ3) is 5.40. The van der Waals surface area contributed by atoms with Gasteiger partial charge in [0.25, 0.3) is 0 Å². The number of likely N-dealkylation sites (tertiary alicyclic amines) is 2. The molecular weight excluding hydrogens is 435 g/mol. The molecule has 4 rings (SSSR count). The zero-order valence-electron chi connectivity index (χ0n) is 17.9. The molecule has 3 atom stereocenters.